The predicted octanol–water partition coefficient (Wildman–Crippen LogP) is 4.46. The van der Waals surface area contributed by atoms with Gasteiger partial charge in [-0.1, -0.05) is 11.8 Å². The van der Waals surface area contributed by atoms with E-state index in [1.165, 1.54) is 22.2 Å². The molecular formula is C19H19N3O3S2. The number of ether oxygens (including phenoxy) is 2. The Morgan fingerprint density at radius 2 is 2.00 bits per heavy atom. The lowest BCUT2D eigenvalue weighted by Crippen LogP contribution is -2.22. The Balaban J connectivity index is 1.54. The molecule has 0 aliphatic carbocycles. The summed E-state index contributed by atoms with van der Waals surface area (Å²) in [4.78, 5) is 24.0. The number of rotatable bonds is 4. The van der Waals surface area contributed by atoms with E-state index in [1.807, 2.05) is 19.9 Å². The summed E-state index contributed by atoms with van der Waals surface area (Å²) in [6.07, 6.45) is 0. The highest BCUT2D eigenvalue weighted by Gasteiger charge is 2.21. The molecule has 3 heterocycles. The molecule has 2 aromatic heterocycles. The van der Waals surface area contributed by atoms with Crippen LogP contribution in [0.3, 0.4) is 0 Å². The van der Waals surface area contributed by atoms with Crippen LogP contribution < -0.4 is 14.8 Å². The number of carbonyl (C=O) groups excluding carboxylic acids is 1. The van der Waals surface area contributed by atoms with Crippen LogP contribution in [-0.2, 0) is 4.79 Å². The van der Waals surface area contributed by atoms with E-state index in [0.29, 0.717) is 17.2 Å². The van der Waals surface area contributed by atoms with Crippen molar-refractivity contribution in [2.45, 2.75) is 38.0 Å². The van der Waals surface area contributed by atoms with Gasteiger partial charge in [-0.3, -0.25) is 4.79 Å². The normalized spacial score (nSPS) is 13.8. The molecule has 0 saturated carbocycles. The van der Waals surface area contributed by atoms with Crippen LogP contribution in [0.4, 0.5) is 5.69 Å². The molecule has 27 heavy (non-hydrogen) atoms. The molecule has 1 amide bonds. The number of benzene rings is 1. The average Bonchev–Trinajstić information content (AvgIpc) is 3.19. The molecule has 3 aromatic rings. The van der Waals surface area contributed by atoms with Crippen molar-refractivity contribution in [3.05, 3.63) is 34.5 Å². The molecule has 1 N–H and O–H groups in total. The number of amides is 1. The molecule has 1 aliphatic rings. The van der Waals surface area contributed by atoms with E-state index in [4.69, 9.17) is 9.47 Å². The third-order valence-electron chi connectivity index (χ3n) is 4.41. The molecule has 0 bridgehead atoms. The van der Waals surface area contributed by atoms with Gasteiger partial charge >= 0.3 is 0 Å². The molecule has 1 aromatic carbocycles. The summed E-state index contributed by atoms with van der Waals surface area (Å²) in [7, 11) is 0. The number of hydrogen-bond donors (Lipinski definition) is 1. The van der Waals surface area contributed by atoms with Crippen molar-refractivity contribution in [1.29, 1.82) is 0 Å². The van der Waals surface area contributed by atoms with E-state index in [-0.39, 0.29) is 18.0 Å². The van der Waals surface area contributed by atoms with Crippen LogP contribution in [0.1, 0.15) is 23.2 Å². The Kier molecular flexibility index (Phi) is 4.69. The van der Waals surface area contributed by atoms with Gasteiger partial charge in [-0.15, -0.1) is 11.3 Å². The number of nitrogens with one attached hydrogen (secondary N) is 1. The molecule has 0 saturated heterocycles. The third kappa shape index (κ3) is 3.46. The Morgan fingerprint density at radius 3 is 2.81 bits per heavy atom. The lowest BCUT2D eigenvalue weighted by molar-refractivity contribution is -0.115. The quantitative estimate of drug-likeness (QED) is 0.514. The minimum Gasteiger partial charge on any atom is -0.454 e. The third-order valence-corrected chi connectivity index (χ3v) is 6.59. The molecule has 0 unspecified atom stereocenters. The summed E-state index contributed by atoms with van der Waals surface area (Å²) in [6, 6.07) is 5.38. The minimum atomic E-state index is -0.312. The SMILES string of the molecule is Cc1nc(S[C@@H](C)C(=O)Nc2ccc3c(c2)OCO3)c2c(C)c(C)sc2n1. The fraction of sp³-hybridized carbons (Fsp3) is 0.316. The van der Waals surface area contributed by atoms with Crippen molar-refractivity contribution in [3.63, 3.8) is 0 Å². The first-order valence-corrected chi connectivity index (χ1v) is 10.2. The van der Waals surface area contributed by atoms with Gasteiger partial charge in [-0.25, -0.2) is 9.97 Å². The van der Waals surface area contributed by atoms with E-state index in [9.17, 15) is 4.79 Å². The second-order valence-electron chi connectivity index (χ2n) is 6.36. The number of carbonyl (C=O) groups is 1. The summed E-state index contributed by atoms with van der Waals surface area (Å²) in [5.74, 6) is 1.96. The lowest BCUT2D eigenvalue weighted by Gasteiger charge is -2.13. The zero-order valence-corrected chi connectivity index (χ0v) is 17.1. The maximum absolute atomic E-state index is 12.7. The van der Waals surface area contributed by atoms with Crippen LogP contribution in [0.25, 0.3) is 10.2 Å². The zero-order valence-electron chi connectivity index (χ0n) is 15.5. The summed E-state index contributed by atoms with van der Waals surface area (Å²) >= 11 is 3.12. The fourth-order valence-corrected chi connectivity index (χ4v) is 5.03. The Morgan fingerprint density at radius 1 is 1.22 bits per heavy atom. The average molecular weight is 402 g/mol. The fourth-order valence-electron chi connectivity index (χ4n) is 2.84. The summed E-state index contributed by atoms with van der Waals surface area (Å²) in [5.41, 5.74) is 1.86. The number of fused-ring (bicyclic) bond motifs is 2. The number of nitrogens with zero attached hydrogens (tertiary/aromatic N) is 2. The van der Waals surface area contributed by atoms with Crippen molar-refractivity contribution in [1.82, 2.24) is 9.97 Å². The van der Waals surface area contributed by atoms with Gasteiger partial charge in [0.1, 0.15) is 15.7 Å². The Bertz CT molecular complexity index is 1050. The number of anilines is 1. The smallest absolute Gasteiger partial charge is 0.237 e. The van der Waals surface area contributed by atoms with Gasteiger partial charge in [0.05, 0.1) is 5.25 Å². The predicted molar refractivity (Wildman–Crippen MR) is 108 cm³/mol. The second-order valence-corrected chi connectivity index (χ2v) is 8.89. The first-order chi connectivity index (χ1) is 12.9. The zero-order chi connectivity index (χ0) is 19.1. The van der Waals surface area contributed by atoms with E-state index in [0.717, 1.165) is 21.1 Å². The molecule has 4 rings (SSSR count). The maximum atomic E-state index is 12.7. The van der Waals surface area contributed by atoms with Crippen LogP contribution in [0.2, 0.25) is 0 Å². The second kappa shape index (κ2) is 7.01. The molecule has 140 valence electrons. The van der Waals surface area contributed by atoms with Crippen molar-refractivity contribution in [2.24, 2.45) is 0 Å². The van der Waals surface area contributed by atoms with E-state index in [1.54, 1.807) is 23.5 Å². The number of thiophene rings is 1. The van der Waals surface area contributed by atoms with Crippen molar-refractivity contribution in [2.75, 3.05) is 12.1 Å². The number of aromatic nitrogens is 2. The van der Waals surface area contributed by atoms with Crippen molar-refractivity contribution >= 4 is 44.9 Å². The summed E-state index contributed by atoms with van der Waals surface area (Å²) in [6.45, 7) is 8.13. The largest absolute Gasteiger partial charge is 0.454 e. The van der Waals surface area contributed by atoms with Gasteiger partial charge in [0.2, 0.25) is 12.7 Å². The van der Waals surface area contributed by atoms with Gasteiger partial charge in [0.15, 0.2) is 11.5 Å². The topological polar surface area (TPSA) is 73.3 Å². The van der Waals surface area contributed by atoms with Gasteiger partial charge < -0.3 is 14.8 Å². The van der Waals surface area contributed by atoms with Gasteiger partial charge in [-0.05, 0) is 45.4 Å². The van der Waals surface area contributed by atoms with Crippen LogP contribution >= 0.6 is 23.1 Å². The van der Waals surface area contributed by atoms with Crippen LogP contribution in [0.5, 0.6) is 11.5 Å². The van der Waals surface area contributed by atoms with E-state index in [2.05, 4.69) is 29.1 Å². The highest BCUT2D eigenvalue weighted by molar-refractivity contribution is 8.00. The first kappa shape index (κ1) is 18.1. The van der Waals surface area contributed by atoms with Crippen LogP contribution in [0, 0.1) is 20.8 Å². The number of thioether (sulfide) groups is 1. The first-order valence-electron chi connectivity index (χ1n) is 8.54. The molecule has 0 spiro atoms. The lowest BCUT2D eigenvalue weighted by atomic mass is 10.2. The van der Waals surface area contributed by atoms with Gasteiger partial charge in [0.25, 0.3) is 0 Å². The number of hydrogen-bond acceptors (Lipinski definition) is 7. The molecule has 1 aliphatic heterocycles. The maximum Gasteiger partial charge on any atom is 0.237 e. The monoisotopic (exact) mass is 401 g/mol. The standard InChI is InChI=1S/C19H19N3O3S2/c1-9-10(2)26-18-16(9)19(21-12(4)20-18)27-11(3)17(23)22-13-5-6-14-15(7-13)25-8-24-14/h5-7,11H,8H2,1-4H3,(H,22,23)/t11-/m0/s1. The molecule has 8 heteroatoms. The number of aryl methyl sites for hydroxylation is 3. The van der Waals surface area contributed by atoms with Crippen molar-refractivity contribution < 1.29 is 14.3 Å². The van der Waals surface area contributed by atoms with E-state index < -0.39 is 0 Å². The summed E-state index contributed by atoms with van der Waals surface area (Å²) < 4.78 is 10.7. The van der Waals surface area contributed by atoms with Crippen LogP contribution in [0.15, 0.2) is 23.2 Å². The molecule has 0 radical (unpaired) electrons. The molecular weight excluding hydrogens is 382 g/mol. The highest BCUT2D eigenvalue weighted by Crippen LogP contribution is 2.37. The van der Waals surface area contributed by atoms with E-state index >= 15 is 0 Å². The Hall–Kier alpha value is -2.32. The van der Waals surface area contributed by atoms with Crippen LogP contribution in [-0.4, -0.2) is 27.9 Å². The minimum absolute atomic E-state index is 0.0899. The van der Waals surface area contributed by atoms with Gasteiger partial charge in [-0.2, -0.15) is 0 Å². The molecule has 1 atom stereocenters. The molecule has 0 fully saturated rings. The van der Waals surface area contributed by atoms with Gasteiger partial charge in [0, 0.05) is 22.0 Å². The molecule has 6 nitrogen and oxygen atoms in total. The highest BCUT2D eigenvalue weighted by atomic mass is 32.2. The van der Waals surface area contributed by atoms with Crippen molar-refractivity contribution in [3.8, 4) is 11.5 Å². The Labute approximate surface area is 165 Å². The summed E-state index contributed by atoms with van der Waals surface area (Å²) in [5, 5.41) is 4.53.